The molecule has 88 valence electrons. The van der Waals surface area contributed by atoms with E-state index in [4.69, 9.17) is 9.47 Å². The van der Waals surface area contributed by atoms with Crippen molar-refractivity contribution in [2.75, 3.05) is 13.2 Å². The van der Waals surface area contributed by atoms with Gasteiger partial charge in [-0.25, -0.2) is 0 Å². The van der Waals surface area contributed by atoms with Crippen LogP contribution in [0.2, 0.25) is 0 Å². The van der Waals surface area contributed by atoms with Gasteiger partial charge in [-0.15, -0.1) is 0 Å². The first kappa shape index (κ1) is 12.6. The lowest BCUT2D eigenvalue weighted by atomic mass is 10.1. The van der Waals surface area contributed by atoms with Crippen LogP contribution in [0.1, 0.15) is 24.5 Å². The van der Waals surface area contributed by atoms with Gasteiger partial charge in [0.1, 0.15) is 5.75 Å². The lowest BCUT2D eigenvalue weighted by Gasteiger charge is -2.09. The van der Waals surface area contributed by atoms with Crippen LogP contribution in [-0.4, -0.2) is 19.2 Å². The van der Waals surface area contributed by atoms with E-state index in [2.05, 4.69) is 0 Å². The Bertz CT molecular complexity index is 358. The Kier molecular flexibility index (Phi) is 4.83. The molecule has 0 bridgehead atoms. The van der Waals surface area contributed by atoms with Gasteiger partial charge < -0.3 is 9.47 Å². The fourth-order valence-electron chi connectivity index (χ4n) is 1.34. The van der Waals surface area contributed by atoms with Gasteiger partial charge in [-0.05, 0) is 38.0 Å². The number of carbonyl (C=O) groups excluding carboxylic acids is 1. The second kappa shape index (κ2) is 6.16. The molecule has 0 aliphatic rings. The molecule has 1 rings (SSSR count). The molecule has 0 aliphatic carbocycles. The van der Waals surface area contributed by atoms with Gasteiger partial charge in [-0.2, -0.15) is 0 Å². The van der Waals surface area contributed by atoms with Crippen molar-refractivity contribution in [1.29, 1.82) is 0 Å². The molecule has 0 amide bonds. The molecule has 1 aromatic rings. The van der Waals surface area contributed by atoms with Crippen LogP contribution in [0.5, 0.6) is 5.75 Å². The molecule has 3 nitrogen and oxygen atoms in total. The summed E-state index contributed by atoms with van der Waals surface area (Å²) in [6, 6.07) is 6.02. The first-order valence-electron chi connectivity index (χ1n) is 5.49. The fraction of sp³-hybridized carbons (Fsp3) is 0.462. The fourth-order valence-corrected chi connectivity index (χ4v) is 1.34. The Morgan fingerprint density at radius 3 is 2.75 bits per heavy atom. The SMILES string of the molecule is CCOC(=O)CCOc1cc(C)ccc1C. The first-order valence-corrected chi connectivity index (χ1v) is 5.49. The molecule has 3 heteroatoms. The average Bonchev–Trinajstić information content (AvgIpc) is 2.23. The number of ether oxygens (including phenoxy) is 2. The smallest absolute Gasteiger partial charge is 0.309 e. The Morgan fingerprint density at radius 2 is 2.06 bits per heavy atom. The zero-order chi connectivity index (χ0) is 12.0. The van der Waals surface area contributed by atoms with E-state index in [1.807, 2.05) is 32.0 Å². The largest absolute Gasteiger partial charge is 0.493 e. The van der Waals surface area contributed by atoms with E-state index in [0.29, 0.717) is 19.6 Å². The van der Waals surface area contributed by atoms with Crippen LogP contribution in [0.25, 0.3) is 0 Å². The maximum Gasteiger partial charge on any atom is 0.309 e. The van der Waals surface area contributed by atoms with Crippen molar-refractivity contribution in [3.05, 3.63) is 29.3 Å². The van der Waals surface area contributed by atoms with Crippen molar-refractivity contribution in [1.82, 2.24) is 0 Å². The third kappa shape index (κ3) is 3.93. The topological polar surface area (TPSA) is 35.5 Å². The zero-order valence-corrected chi connectivity index (χ0v) is 10.1. The number of esters is 1. The Morgan fingerprint density at radius 1 is 1.31 bits per heavy atom. The van der Waals surface area contributed by atoms with Crippen LogP contribution in [0, 0.1) is 13.8 Å². The van der Waals surface area contributed by atoms with E-state index >= 15 is 0 Å². The molecule has 0 radical (unpaired) electrons. The predicted molar refractivity (Wildman–Crippen MR) is 62.7 cm³/mol. The molecule has 1 aromatic carbocycles. The third-order valence-electron chi connectivity index (χ3n) is 2.21. The van der Waals surface area contributed by atoms with E-state index in [9.17, 15) is 4.79 Å². The van der Waals surface area contributed by atoms with Crippen molar-refractivity contribution >= 4 is 5.97 Å². The van der Waals surface area contributed by atoms with Gasteiger partial charge in [0.25, 0.3) is 0 Å². The molecule has 0 spiro atoms. The van der Waals surface area contributed by atoms with E-state index in [-0.39, 0.29) is 5.97 Å². The minimum Gasteiger partial charge on any atom is -0.493 e. The Hall–Kier alpha value is -1.51. The molecule has 0 atom stereocenters. The van der Waals surface area contributed by atoms with Crippen LogP contribution < -0.4 is 4.74 Å². The minimum atomic E-state index is -0.215. The molecule has 0 fully saturated rings. The van der Waals surface area contributed by atoms with Crippen LogP contribution in [-0.2, 0) is 9.53 Å². The summed E-state index contributed by atoms with van der Waals surface area (Å²) in [5.41, 5.74) is 2.23. The van der Waals surface area contributed by atoms with Crippen molar-refractivity contribution in [2.45, 2.75) is 27.2 Å². The maximum absolute atomic E-state index is 11.1. The van der Waals surface area contributed by atoms with E-state index < -0.39 is 0 Å². The lowest BCUT2D eigenvalue weighted by molar-refractivity contribution is -0.143. The van der Waals surface area contributed by atoms with Crippen molar-refractivity contribution in [2.24, 2.45) is 0 Å². The average molecular weight is 222 g/mol. The molecule has 0 unspecified atom stereocenters. The molecule has 16 heavy (non-hydrogen) atoms. The highest BCUT2D eigenvalue weighted by Gasteiger charge is 2.04. The van der Waals surface area contributed by atoms with Crippen molar-refractivity contribution in [3.8, 4) is 5.75 Å². The summed E-state index contributed by atoms with van der Waals surface area (Å²) in [6.45, 7) is 6.58. The number of rotatable bonds is 5. The summed E-state index contributed by atoms with van der Waals surface area (Å²) in [5, 5.41) is 0. The van der Waals surface area contributed by atoms with Gasteiger partial charge in [0, 0.05) is 0 Å². The molecule has 0 aliphatic heterocycles. The van der Waals surface area contributed by atoms with Gasteiger partial charge in [0.05, 0.1) is 19.6 Å². The molecule has 0 heterocycles. The van der Waals surface area contributed by atoms with Gasteiger partial charge in [-0.1, -0.05) is 12.1 Å². The highest BCUT2D eigenvalue weighted by Crippen LogP contribution is 2.19. The summed E-state index contributed by atoms with van der Waals surface area (Å²) in [5.74, 6) is 0.622. The molecular formula is C13H18O3. The zero-order valence-electron chi connectivity index (χ0n) is 10.1. The van der Waals surface area contributed by atoms with Crippen LogP contribution in [0.3, 0.4) is 0 Å². The van der Waals surface area contributed by atoms with E-state index in [1.54, 1.807) is 6.92 Å². The first-order chi connectivity index (χ1) is 7.63. The summed E-state index contributed by atoms with van der Waals surface area (Å²) >= 11 is 0. The molecular weight excluding hydrogens is 204 g/mol. The van der Waals surface area contributed by atoms with Crippen LogP contribution in [0.4, 0.5) is 0 Å². The highest BCUT2D eigenvalue weighted by atomic mass is 16.5. The van der Waals surface area contributed by atoms with E-state index in [0.717, 1.165) is 16.9 Å². The van der Waals surface area contributed by atoms with E-state index in [1.165, 1.54) is 0 Å². The molecule has 0 aromatic heterocycles. The summed E-state index contributed by atoms with van der Waals surface area (Å²) in [4.78, 5) is 11.1. The minimum absolute atomic E-state index is 0.215. The quantitative estimate of drug-likeness (QED) is 0.718. The number of benzene rings is 1. The second-order valence-corrected chi connectivity index (χ2v) is 3.67. The van der Waals surface area contributed by atoms with Gasteiger partial charge in [0.2, 0.25) is 0 Å². The Balaban J connectivity index is 2.42. The van der Waals surface area contributed by atoms with Gasteiger partial charge in [-0.3, -0.25) is 4.79 Å². The summed E-state index contributed by atoms with van der Waals surface area (Å²) in [6.07, 6.45) is 0.293. The van der Waals surface area contributed by atoms with Gasteiger partial charge in [0.15, 0.2) is 0 Å². The Labute approximate surface area is 96.4 Å². The van der Waals surface area contributed by atoms with Gasteiger partial charge >= 0.3 is 5.97 Å². The van der Waals surface area contributed by atoms with Crippen molar-refractivity contribution in [3.63, 3.8) is 0 Å². The second-order valence-electron chi connectivity index (χ2n) is 3.67. The number of aryl methyl sites for hydroxylation is 2. The lowest BCUT2D eigenvalue weighted by Crippen LogP contribution is -2.10. The molecule has 0 saturated heterocycles. The molecule has 0 N–H and O–H groups in total. The van der Waals surface area contributed by atoms with Crippen LogP contribution >= 0.6 is 0 Å². The standard InChI is InChI=1S/C13H18O3/c1-4-15-13(14)7-8-16-12-9-10(2)5-6-11(12)3/h5-6,9H,4,7-8H2,1-3H3. The number of carbonyl (C=O) groups is 1. The predicted octanol–water partition coefficient (Wildman–Crippen LogP) is 2.64. The highest BCUT2D eigenvalue weighted by molar-refractivity contribution is 5.69. The summed E-state index contributed by atoms with van der Waals surface area (Å²) in [7, 11) is 0. The third-order valence-corrected chi connectivity index (χ3v) is 2.21. The van der Waals surface area contributed by atoms with Crippen molar-refractivity contribution < 1.29 is 14.3 Å². The van der Waals surface area contributed by atoms with Crippen LogP contribution in [0.15, 0.2) is 18.2 Å². The number of hydrogen-bond acceptors (Lipinski definition) is 3. The maximum atomic E-state index is 11.1. The number of hydrogen-bond donors (Lipinski definition) is 0. The summed E-state index contributed by atoms with van der Waals surface area (Å²) < 4.78 is 10.3. The monoisotopic (exact) mass is 222 g/mol. The molecule has 0 saturated carbocycles. The normalized spacial score (nSPS) is 9.94.